The largest absolute Gasteiger partial charge is 0.335 e. The van der Waals surface area contributed by atoms with Gasteiger partial charge in [0.15, 0.2) is 0 Å². The number of nitrogens with zero attached hydrogens (tertiary/aromatic N) is 4. The fraction of sp³-hybridized carbons (Fsp3) is 0.400. The van der Waals surface area contributed by atoms with Gasteiger partial charge in [0.05, 0.1) is 5.51 Å². The van der Waals surface area contributed by atoms with Gasteiger partial charge >= 0.3 is 0 Å². The molecule has 0 saturated carbocycles. The molecule has 4 rings (SSSR count). The summed E-state index contributed by atoms with van der Waals surface area (Å²) in [5, 5.41) is 1.83. The Hall–Kier alpha value is -1.79. The lowest BCUT2D eigenvalue weighted by atomic mass is 9.91. The standard InChI is InChI=1S/C15H16N4OS/c20-15(13-9-21-10-17-13)19-7-12-6-18(14(12)8-19)5-11-2-1-3-16-4-11/h1-4,9-10,12,14H,5-8H2. The van der Waals surface area contributed by atoms with Crippen LogP contribution < -0.4 is 0 Å². The second kappa shape index (κ2) is 5.20. The molecule has 2 aliphatic rings. The van der Waals surface area contributed by atoms with E-state index in [0.29, 0.717) is 17.7 Å². The number of thiazole rings is 1. The van der Waals surface area contributed by atoms with Crippen LogP contribution in [-0.2, 0) is 6.54 Å². The first-order valence-corrected chi connectivity index (χ1v) is 8.06. The molecule has 0 bridgehead atoms. The van der Waals surface area contributed by atoms with Crippen LogP contribution in [0.4, 0.5) is 0 Å². The van der Waals surface area contributed by atoms with Crippen LogP contribution in [0, 0.1) is 5.92 Å². The molecular weight excluding hydrogens is 284 g/mol. The van der Waals surface area contributed by atoms with E-state index < -0.39 is 0 Å². The van der Waals surface area contributed by atoms with E-state index in [1.165, 1.54) is 16.9 Å². The summed E-state index contributed by atoms with van der Waals surface area (Å²) in [4.78, 5) is 25.0. The summed E-state index contributed by atoms with van der Waals surface area (Å²) in [6.07, 6.45) is 3.71. The van der Waals surface area contributed by atoms with Gasteiger partial charge in [-0.1, -0.05) is 6.07 Å². The number of rotatable bonds is 3. The summed E-state index contributed by atoms with van der Waals surface area (Å²) in [7, 11) is 0. The first-order chi connectivity index (χ1) is 10.3. The predicted octanol–water partition coefficient (Wildman–Crippen LogP) is 1.49. The van der Waals surface area contributed by atoms with Crippen molar-refractivity contribution in [3.05, 3.63) is 46.7 Å². The molecule has 2 aromatic rings. The van der Waals surface area contributed by atoms with Gasteiger partial charge in [-0.15, -0.1) is 11.3 Å². The monoisotopic (exact) mass is 300 g/mol. The van der Waals surface area contributed by atoms with E-state index in [9.17, 15) is 4.79 Å². The fourth-order valence-electron chi connectivity index (χ4n) is 3.30. The van der Waals surface area contributed by atoms with Gasteiger partial charge in [0.25, 0.3) is 5.91 Å². The van der Waals surface area contributed by atoms with Crippen LogP contribution in [0.1, 0.15) is 16.1 Å². The molecule has 0 aliphatic carbocycles. The maximum absolute atomic E-state index is 12.3. The van der Waals surface area contributed by atoms with E-state index in [1.807, 2.05) is 22.5 Å². The smallest absolute Gasteiger partial charge is 0.273 e. The zero-order valence-corrected chi connectivity index (χ0v) is 12.4. The second-order valence-corrected chi connectivity index (χ2v) is 6.42. The summed E-state index contributed by atoms with van der Waals surface area (Å²) in [6, 6.07) is 4.57. The molecule has 0 spiro atoms. The third-order valence-electron chi connectivity index (χ3n) is 4.39. The van der Waals surface area contributed by atoms with E-state index in [1.54, 1.807) is 11.7 Å². The molecule has 2 saturated heterocycles. The van der Waals surface area contributed by atoms with Crippen LogP contribution in [0.2, 0.25) is 0 Å². The third kappa shape index (κ3) is 2.34. The minimum atomic E-state index is 0.0759. The molecule has 4 heterocycles. The van der Waals surface area contributed by atoms with Crippen molar-refractivity contribution in [3.8, 4) is 0 Å². The molecule has 0 radical (unpaired) electrons. The number of hydrogen-bond donors (Lipinski definition) is 0. The van der Waals surface area contributed by atoms with Crippen molar-refractivity contribution in [2.45, 2.75) is 12.6 Å². The molecule has 108 valence electrons. The molecule has 6 heteroatoms. The molecule has 5 nitrogen and oxygen atoms in total. The Morgan fingerprint density at radius 1 is 1.38 bits per heavy atom. The average molecular weight is 300 g/mol. The Morgan fingerprint density at radius 3 is 3.10 bits per heavy atom. The number of pyridine rings is 1. The first-order valence-electron chi connectivity index (χ1n) is 7.11. The third-order valence-corrected chi connectivity index (χ3v) is 4.98. The SMILES string of the molecule is O=C(c1cscn1)N1CC2CN(Cc3cccnc3)C2C1. The Morgan fingerprint density at radius 2 is 2.33 bits per heavy atom. The Bertz CT molecular complexity index is 630. The van der Waals surface area contributed by atoms with Gasteiger partial charge in [0.2, 0.25) is 0 Å². The number of aromatic nitrogens is 2. The van der Waals surface area contributed by atoms with Crippen molar-refractivity contribution < 1.29 is 4.79 Å². The van der Waals surface area contributed by atoms with Gasteiger partial charge in [-0.2, -0.15) is 0 Å². The minimum Gasteiger partial charge on any atom is -0.335 e. The van der Waals surface area contributed by atoms with E-state index in [2.05, 4.69) is 20.9 Å². The Kier molecular flexibility index (Phi) is 3.20. The molecule has 2 unspecified atom stereocenters. The van der Waals surface area contributed by atoms with Crippen molar-refractivity contribution in [2.75, 3.05) is 19.6 Å². The van der Waals surface area contributed by atoms with Crippen molar-refractivity contribution >= 4 is 17.2 Å². The van der Waals surface area contributed by atoms with Crippen molar-refractivity contribution in [1.29, 1.82) is 0 Å². The molecule has 2 fully saturated rings. The van der Waals surface area contributed by atoms with Gasteiger partial charge in [0, 0.05) is 55.9 Å². The Labute approximate surface area is 127 Å². The van der Waals surface area contributed by atoms with Gasteiger partial charge < -0.3 is 4.90 Å². The first kappa shape index (κ1) is 12.9. The number of amides is 1. The van der Waals surface area contributed by atoms with Crippen molar-refractivity contribution in [2.24, 2.45) is 5.92 Å². The van der Waals surface area contributed by atoms with Gasteiger partial charge in [-0.05, 0) is 11.6 Å². The van der Waals surface area contributed by atoms with Crippen LogP contribution in [0.3, 0.4) is 0 Å². The van der Waals surface area contributed by atoms with Crippen molar-refractivity contribution in [3.63, 3.8) is 0 Å². The lowest BCUT2D eigenvalue weighted by molar-refractivity contribution is 0.0432. The number of carbonyl (C=O) groups is 1. The van der Waals surface area contributed by atoms with E-state index in [4.69, 9.17) is 0 Å². The highest BCUT2D eigenvalue weighted by Crippen LogP contribution is 2.34. The lowest BCUT2D eigenvalue weighted by Gasteiger charge is -2.43. The number of likely N-dealkylation sites (tertiary alicyclic amines) is 2. The topological polar surface area (TPSA) is 49.3 Å². The highest BCUT2D eigenvalue weighted by atomic mass is 32.1. The molecule has 2 aromatic heterocycles. The molecule has 0 aromatic carbocycles. The summed E-state index contributed by atoms with van der Waals surface area (Å²) >= 11 is 1.47. The minimum absolute atomic E-state index is 0.0759. The molecule has 0 N–H and O–H groups in total. The van der Waals surface area contributed by atoms with E-state index in [-0.39, 0.29) is 5.91 Å². The van der Waals surface area contributed by atoms with Gasteiger partial charge in [0.1, 0.15) is 5.69 Å². The molecule has 2 aliphatic heterocycles. The maximum atomic E-state index is 12.3. The average Bonchev–Trinajstić information content (AvgIpc) is 3.13. The number of hydrogen-bond acceptors (Lipinski definition) is 5. The summed E-state index contributed by atoms with van der Waals surface area (Å²) in [6.45, 7) is 3.68. The van der Waals surface area contributed by atoms with E-state index >= 15 is 0 Å². The molecular formula is C15H16N4OS. The zero-order valence-electron chi connectivity index (χ0n) is 11.6. The van der Waals surface area contributed by atoms with Gasteiger partial charge in [-0.3, -0.25) is 14.7 Å². The lowest BCUT2D eigenvalue weighted by Crippen LogP contribution is -2.54. The highest BCUT2D eigenvalue weighted by Gasteiger charge is 2.46. The maximum Gasteiger partial charge on any atom is 0.273 e. The summed E-state index contributed by atoms with van der Waals surface area (Å²) < 4.78 is 0. The van der Waals surface area contributed by atoms with Crippen LogP contribution in [0.5, 0.6) is 0 Å². The normalized spacial score (nSPS) is 24.7. The van der Waals surface area contributed by atoms with Crippen molar-refractivity contribution in [1.82, 2.24) is 19.8 Å². The summed E-state index contributed by atoms with van der Waals surface area (Å²) in [5.41, 5.74) is 3.53. The van der Waals surface area contributed by atoms with Crippen LogP contribution >= 0.6 is 11.3 Å². The quantitative estimate of drug-likeness (QED) is 0.862. The van der Waals surface area contributed by atoms with Crippen LogP contribution in [0.15, 0.2) is 35.4 Å². The molecule has 2 atom stereocenters. The molecule has 1 amide bonds. The predicted molar refractivity (Wildman–Crippen MR) is 79.9 cm³/mol. The summed E-state index contributed by atoms with van der Waals surface area (Å²) in [5.74, 6) is 0.691. The zero-order chi connectivity index (χ0) is 14.2. The highest BCUT2D eigenvalue weighted by molar-refractivity contribution is 7.07. The van der Waals surface area contributed by atoms with Crippen LogP contribution in [-0.4, -0.2) is 51.4 Å². The number of carbonyl (C=O) groups excluding carboxylic acids is 1. The fourth-order valence-corrected chi connectivity index (χ4v) is 3.83. The van der Waals surface area contributed by atoms with E-state index in [0.717, 1.165) is 26.2 Å². The number of fused-ring (bicyclic) bond motifs is 1. The molecule has 21 heavy (non-hydrogen) atoms. The van der Waals surface area contributed by atoms with Gasteiger partial charge in [-0.25, -0.2) is 4.98 Å². The van der Waals surface area contributed by atoms with Crippen LogP contribution in [0.25, 0.3) is 0 Å². The second-order valence-electron chi connectivity index (χ2n) is 5.70. The Balaban J connectivity index is 1.40.